The highest BCUT2D eigenvalue weighted by Gasteiger charge is 2.14. The van der Waals surface area contributed by atoms with Gasteiger partial charge in [0.25, 0.3) is 0 Å². The number of aliphatic hydroxyl groups excluding tert-OH is 1. The zero-order valence-corrected chi connectivity index (χ0v) is 12.7. The third-order valence-electron chi connectivity index (χ3n) is 3.17. The lowest BCUT2D eigenvalue weighted by Gasteiger charge is -2.19. The van der Waals surface area contributed by atoms with Crippen molar-refractivity contribution in [2.45, 2.75) is 30.9 Å². The Bertz CT molecular complexity index is 513. The van der Waals surface area contributed by atoms with E-state index in [1.165, 1.54) is 10.5 Å². The molecular weight excluding hydrogens is 270 g/mol. The molecule has 0 aliphatic carbocycles. The molecule has 0 bridgehead atoms. The first kappa shape index (κ1) is 15.2. The molecule has 3 nitrogen and oxygen atoms in total. The molecule has 108 valence electrons. The molecule has 2 atom stereocenters. The van der Waals surface area contributed by atoms with Crippen LogP contribution in [0.2, 0.25) is 0 Å². The molecule has 2 unspecified atom stereocenters. The number of thioether (sulfide) groups is 1. The van der Waals surface area contributed by atoms with E-state index in [2.05, 4.69) is 43.4 Å². The summed E-state index contributed by atoms with van der Waals surface area (Å²) in [7, 11) is 0. The van der Waals surface area contributed by atoms with Gasteiger partial charge in [-0.3, -0.25) is 0 Å². The molecule has 20 heavy (non-hydrogen) atoms. The van der Waals surface area contributed by atoms with E-state index in [1.54, 1.807) is 18.4 Å². The van der Waals surface area contributed by atoms with Crippen LogP contribution in [0.3, 0.4) is 0 Å². The van der Waals surface area contributed by atoms with Crippen LogP contribution < -0.4 is 5.32 Å². The fraction of sp³-hybridized carbons (Fsp3) is 0.375. The van der Waals surface area contributed by atoms with Crippen LogP contribution in [0.15, 0.2) is 52.0 Å². The average Bonchev–Trinajstić information content (AvgIpc) is 2.99. The minimum absolute atomic E-state index is 0.190. The molecule has 0 saturated heterocycles. The van der Waals surface area contributed by atoms with Crippen molar-refractivity contribution in [2.24, 2.45) is 0 Å². The predicted octanol–water partition coefficient (Wildman–Crippen LogP) is 3.78. The lowest BCUT2D eigenvalue weighted by molar-refractivity contribution is 0.144. The molecule has 4 heteroatoms. The third kappa shape index (κ3) is 3.88. The number of furan rings is 1. The third-order valence-corrected chi connectivity index (χ3v) is 4.15. The summed E-state index contributed by atoms with van der Waals surface area (Å²) in [6.45, 7) is 4.74. The van der Waals surface area contributed by atoms with Crippen molar-refractivity contribution in [3.63, 3.8) is 0 Å². The van der Waals surface area contributed by atoms with Crippen molar-refractivity contribution in [3.8, 4) is 0 Å². The first-order valence-corrected chi connectivity index (χ1v) is 7.87. The Labute approximate surface area is 124 Å². The van der Waals surface area contributed by atoms with Crippen LogP contribution in [0.4, 0.5) is 0 Å². The quantitative estimate of drug-likeness (QED) is 0.762. The number of benzene rings is 1. The van der Waals surface area contributed by atoms with E-state index in [1.807, 2.05) is 11.8 Å². The van der Waals surface area contributed by atoms with Crippen LogP contribution >= 0.6 is 11.8 Å². The maximum Gasteiger partial charge on any atom is 0.133 e. The summed E-state index contributed by atoms with van der Waals surface area (Å²) >= 11 is 1.84. The molecule has 2 rings (SSSR count). The van der Waals surface area contributed by atoms with Crippen molar-refractivity contribution in [1.29, 1.82) is 0 Å². The average molecular weight is 291 g/mol. The summed E-state index contributed by atoms with van der Waals surface area (Å²) in [5.41, 5.74) is 1.27. The summed E-state index contributed by atoms with van der Waals surface area (Å²) in [5, 5.41) is 13.4. The lowest BCUT2D eigenvalue weighted by atomic mass is 10.1. The molecule has 2 N–H and O–H groups in total. The second-order valence-corrected chi connectivity index (χ2v) is 5.94. The van der Waals surface area contributed by atoms with Crippen molar-refractivity contribution >= 4 is 11.8 Å². The number of hydrogen-bond donors (Lipinski definition) is 2. The minimum atomic E-state index is -0.613. The van der Waals surface area contributed by atoms with Crippen molar-refractivity contribution in [2.75, 3.05) is 12.3 Å². The van der Waals surface area contributed by atoms with Crippen LogP contribution in [0.1, 0.15) is 37.3 Å². The minimum Gasteiger partial charge on any atom is -0.467 e. The molecule has 0 amide bonds. The van der Waals surface area contributed by atoms with Gasteiger partial charge in [-0.1, -0.05) is 25.1 Å². The van der Waals surface area contributed by atoms with Gasteiger partial charge in [-0.15, -0.1) is 11.8 Å². The summed E-state index contributed by atoms with van der Waals surface area (Å²) in [5.74, 6) is 1.65. The highest BCUT2D eigenvalue weighted by molar-refractivity contribution is 7.99. The maximum absolute atomic E-state index is 10.0. The van der Waals surface area contributed by atoms with E-state index in [-0.39, 0.29) is 6.04 Å². The molecule has 0 radical (unpaired) electrons. The Hall–Kier alpha value is -1.23. The molecule has 1 heterocycles. The molecule has 1 aromatic carbocycles. The van der Waals surface area contributed by atoms with Gasteiger partial charge in [-0.2, -0.15) is 0 Å². The second-order valence-electron chi connectivity index (χ2n) is 4.63. The smallest absolute Gasteiger partial charge is 0.133 e. The van der Waals surface area contributed by atoms with Gasteiger partial charge in [0, 0.05) is 17.5 Å². The Kier molecular flexibility index (Phi) is 5.71. The highest BCUT2D eigenvalue weighted by atomic mass is 32.2. The normalized spacial score (nSPS) is 14.2. The molecule has 0 saturated carbocycles. The molecule has 0 fully saturated rings. The van der Waals surface area contributed by atoms with Gasteiger partial charge in [0.1, 0.15) is 11.9 Å². The number of rotatable bonds is 7. The SMILES string of the molecule is CCSc1ccccc1C(C)NCC(O)c1ccco1. The molecule has 0 aliphatic rings. The summed E-state index contributed by atoms with van der Waals surface area (Å²) < 4.78 is 5.20. The lowest BCUT2D eigenvalue weighted by Crippen LogP contribution is -2.24. The second kappa shape index (κ2) is 7.53. The van der Waals surface area contributed by atoms with Gasteiger partial charge < -0.3 is 14.8 Å². The Morgan fingerprint density at radius 1 is 1.25 bits per heavy atom. The van der Waals surface area contributed by atoms with E-state index in [0.717, 1.165) is 5.75 Å². The van der Waals surface area contributed by atoms with Crippen LogP contribution in [-0.2, 0) is 0 Å². The Balaban J connectivity index is 1.96. The molecule has 1 aromatic heterocycles. The number of nitrogens with one attached hydrogen (secondary N) is 1. The summed E-state index contributed by atoms with van der Waals surface area (Å²) in [6, 6.07) is 12.2. The van der Waals surface area contributed by atoms with E-state index in [4.69, 9.17) is 4.42 Å². The van der Waals surface area contributed by atoms with E-state index < -0.39 is 6.10 Å². The van der Waals surface area contributed by atoms with Crippen LogP contribution in [-0.4, -0.2) is 17.4 Å². The molecule has 0 aliphatic heterocycles. The first-order chi connectivity index (χ1) is 9.72. The maximum atomic E-state index is 10.0. The monoisotopic (exact) mass is 291 g/mol. The van der Waals surface area contributed by atoms with Crippen molar-refractivity contribution < 1.29 is 9.52 Å². The topological polar surface area (TPSA) is 45.4 Å². The van der Waals surface area contributed by atoms with Gasteiger partial charge in [0.2, 0.25) is 0 Å². The van der Waals surface area contributed by atoms with Crippen molar-refractivity contribution in [3.05, 3.63) is 54.0 Å². The standard InChI is InChI=1S/C16H21NO2S/c1-3-20-16-9-5-4-7-13(16)12(2)17-11-14(18)15-8-6-10-19-15/h4-10,12,14,17-18H,3,11H2,1-2H3. The largest absolute Gasteiger partial charge is 0.467 e. The van der Waals surface area contributed by atoms with E-state index >= 15 is 0 Å². The van der Waals surface area contributed by atoms with Gasteiger partial charge in [-0.25, -0.2) is 0 Å². The van der Waals surface area contributed by atoms with Gasteiger partial charge in [0.15, 0.2) is 0 Å². The van der Waals surface area contributed by atoms with Crippen LogP contribution in [0.5, 0.6) is 0 Å². The fourth-order valence-electron chi connectivity index (χ4n) is 2.11. The van der Waals surface area contributed by atoms with Gasteiger partial charge in [-0.05, 0) is 36.4 Å². The zero-order chi connectivity index (χ0) is 14.4. The van der Waals surface area contributed by atoms with E-state index in [0.29, 0.717) is 12.3 Å². The zero-order valence-electron chi connectivity index (χ0n) is 11.9. The molecule has 0 spiro atoms. The molecule has 2 aromatic rings. The summed E-state index contributed by atoms with van der Waals surface area (Å²) in [4.78, 5) is 1.29. The number of hydrogen-bond acceptors (Lipinski definition) is 4. The first-order valence-electron chi connectivity index (χ1n) is 6.89. The fourth-order valence-corrected chi connectivity index (χ4v) is 3.00. The molecular formula is C16H21NO2S. The van der Waals surface area contributed by atoms with Gasteiger partial charge in [0.05, 0.1) is 6.26 Å². The van der Waals surface area contributed by atoms with Crippen LogP contribution in [0, 0.1) is 0 Å². The van der Waals surface area contributed by atoms with E-state index in [9.17, 15) is 5.11 Å². The highest BCUT2D eigenvalue weighted by Crippen LogP contribution is 2.27. The van der Waals surface area contributed by atoms with Crippen LogP contribution in [0.25, 0.3) is 0 Å². The van der Waals surface area contributed by atoms with Gasteiger partial charge >= 0.3 is 0 Å². The number of aliphatic hydroxyl groups is 1. The summed E-state index contributed by atoms with van der Waals surface area (Å²) in [6.07, 6.45) is 0.966. The Morgan fingerprint density at radius 3 is 2.75 bits per heavy atom. The van der Waals surface area contributed by atoms with Crippen molar-refractivity contribution in [1.82, 2.24) is 5.32 Å². The predicted molar refractivity (Wildman–Crippen MR) is 82.9 cm³/mol. The Morgan fingerprint density at radius 2 is 2.05 bits per heavy atom.